The van der Waals surface area contributed by atoms with Crippen molar-refractivity contribution in [2.75, 3.05) is 6.61 Å². The zero-order chi connectivity index (χ0) is 31.7. The van der Waals surface area contributed by atoms with Gasteiger partial charge < -0.3 is 42.6 Å². The van der Waals surface area contributed by atoms with Gasteiger partial charge in [0.2, 0.25) is 0 Å². The van der Waals surface area contributed by atoms with E-state index in [1.54, 1.807) is 13.8 Å². The van der Waals surface area contributed by atoms with E-state index in [4.69, 9.17) is 42.6 Å². The van der Waals surface area contributed by atoms with Crippen molar-refractivity contribution in [2.45, 2.75) is 110 Å². The Morgan fingerprint density at radius 3 is 1.72 bits per heavy atom. The van der Waals surface area contributed by atoms with E-state index in [1.807, 2.05) is 30.3 Å². The second-order valence-electron chi connectivity index (χ2n) is 10.2. The first-order valence-corrected chi connectivity index (χ1v) is 13.9. The average Bonchev–Trinajstić information content (AvgIpc) is 2.92. The molecule has 0 saturated carbocycles. The summed E-state index contributed by atoms with van der Waals surface area (Å²) in [6, 6.07) is 9.36. The van der Waals surface area contributed by atoms with Gasteiger partial charge in [-0.3, -0.25) is 19.2 Å². The van der Waals surface area contributed by atoms with Gasteiger partial charge >= 0.3 is 23.9 Å². The summed E-state index contributed by atoms with van der Waals surface area (Å²) in [5.74, 6) is -2.76. The van der Waals surface area contributed by atoms with Gasteiger partial charge in [-0.25, -0.2) is 0 Å². The van der Waals surface area contributed by atoms with Crippen LogP contribution in [0.4, 0.5) is 0 Å². The maximum atomic E-state index is 12.3. The molecule has 10 atom stereocenters. The van der Waals surface area contributed by atoms with Crippen LogP contribution in [0.2, 0.25) is 0 Å². The van der Waals surface area contributed by atoms with Crippen LogP contribution >= 0.6 is 0 Å². The first kappa shape index (κ1) is 34.1. The smallest absolute Gasteiger partial charge is 0.303 e. The highest BCUT2D eigenvalue weighted by Gasteiger charge is 2.55. The predicted molar refractivity (Wildman–Crippen MR) is 147 cm³/mol. The molecule has 13 heteroatoms. The Morgan fingerprint density at radius 2 is 1.16 bits per heavy atom. The highest BCUT2D eigenvalue weighted by atomic mass is 16.8. The molecule has 0 N–H and O–H groups in total. The quantitative estimate of drug-likeness (QED) is 0.194. The SMILES string of the molecule is C=CCO[C@@H]1O[C@@H](C)[C@H](OCc2ccccc2)[C@@H](O[C@@H]2O[C@@H](C)[C@H](OC(C)=O)[C@@H](OC(C)=O)[C@H]2OC(C)=O)[C@H]1OC(C)=O. The number of carbonyl (C=O) groups excluding carboxylic acids is 4. The highest BCUT2D eigenvalue weighted by Crippen LogP contribution is 2.35. The fraction of sp³-hybridized carbons (Fsp3) is 0.600. The van der Waals surface area contributed by atoms with Gasteiger partial charge in [-0.1, -0.05) is 36.4 Å². The van der Waals surface area contributed by atoms with Crippen molar-refractivity contribution in [1.29, 1.82) is 0 Å². The average molecular weight is 609 g/mol. The second kappa shape index (κ2) is 15.9. The van der Waals surface area contributed by atoms with Crippen molar-refractivity contribution in [3.63, 3.8) is 0 Å². The minimum Gasteiger partial charge on any atom is -0.456 e. The molecule has 0 bridgehead atoms. The zero-order valence-electron chi connectivity index (χ0n) is 25.2. The van der Waals surface area contributed by atoms with Crippen molar-refractivity contribution in [2.24, 2.45) is 0 Å². The molecule has 0 amide bonds. The maximum Gasteiger partial charge on any atom is 0.303 e. The Balaban J connectivity index is 2.03. The molecular formula is C30H40O13. The standard InChI is InChI=1S/C30H40O13/c1-8-14-35-29-27(41-20(6)33)25(23(16(2)37-29)36-15-22-12-10-9-11-13-22)43-30-28(42-21(7)34)26(40-19(5)32)24(17(3)38-30)39-18(4)31/h8-13,16-17,23-30H,1,14-15H2,2-7H3/t16-,17-,23-,24-,25+,26+,27+,28+,29+,30-/m0/s1. The Kier molecular flexibility index (Phi) is 12.6. The second-order valence-corrected chi connectivity index (χ2v) is 10.2. The van der Waals surface area contributed by atoms with Gasteiger partial charge in [-0.05, 0) is 19.4 Å². The first-order valence-electron chi connectivity index (χ1n) is 13.9. The molecule has 2 aliphatic heterocycles. The van der Waals surface area contributed by atoms with Crippen LogP contribution in [-0.2, 0) is 68.4 Å². The molecule has 0 radical (unpaired) electrons. The van der Waals surface area contributed by atoms with E-state index >= 15 is 0 Å². The van der Waals surface area contributed by atoms with Gasteiger partial charge in [-0.2, -0.15) is 0 Å². The van der Waals surface area contributed by atoms with E-state index < -0.39 is 85.3 Å². The van der Waals surface area contributed by atoms with Gasteiger partial charge in [0.25, 0.3) is 0 Å². The van der Waals surface area contributed by atoms with E-state index in [0.717, 1.165) is 19.4 Å². The van der Waals surface area contributed by atoms with Crippen LogP contribution in [0, 0.1) is 0 Å². The summed E-state index contributed by atoms with van der Waals surface area (Å²) < 4.78 is 52.7. The van der Waals surface area contributed by atoms with E-state index in [2.05, 4.69) is 6.58 Å². The molecule has 2 saturated heterocycles. The number of hydrogen-bond donors (Lipinski definition) is 0. The molecule has 2 heterocycles. The number of carbonyl (C=O) groups is 4. The highest BCUT2D eigenvalue weighted by molar-refractivity contribution is 5.68. The van der Waals surface area contributed by atoms with Gasteiger partial charge in [0.15, 0.2) is 37.0 Å². The number of ether oxygens (including phenoxy) is 9. The molecule has 3 rings (SSSR count). The first-order chi connectivity index (χ1) is 20.4. The van der Waals surface area contributed by atoms with Crippen LogP contribution in [0.1, 0.15) is 47.1 Å². The summed E-state index contributed by atoms with van der Waals surface area (Å²) in [4.78, 5) is 48.5. The third-order valence-electron chi connectivity index (χ3n) is 6.62. The van der Waals surface area contributed by atoms with Crippen molar-refractivity contribution in [1.82, 2.24) is 0 Å². The lowest BCUT2D eigenvalue weighted by Crippen LogP contribution is -2.65. The van der Waals surface area contributed by atoms with Gasteiger partial charge in [0.1, 0.15) is 12.2 Å². The topological polar surface area (TPSA) is 151 Å². The van der Waals surface area contributed by atoms with Crippen LogP contribution in [-0.4, -0.2) is 91.9 Å². The Labute approximate surface area is 250 Å². The monoisotopic (exact) mass is 608 g/mol. The zero-order valence-corrected chi connectivity index (χ0v) is 25.2. The lowest BCUT2D eigenvalue weighted by atomic mass is 9.96. The number of hydrogen-bond acceptors (Lipinski definition) is 13. The van der Waals surface area contributed by atoms with Gasteiger partial charge in [0, 0.05) is 27.7 Å². The van der Waals surface area contributed by atoms with Crippen molar-refractivity contribution < 1.29 is 61.8 Å². The van der Waals surface area contributed by atoms with Crippen LogP contribution in [0.3, 0.4) is 0 Å². The summed E-state index contributed by atoms with van der Waals surface area (Å²) in [6.45, 7) is 11.9. The molecule has 2 fully saturated rings. The van der Waals surface area contributed by atoms with Crippen molar-refractivity contribution >= 4 is 23.9 Å². The normalized spacial score (nSPS) is 32.2. The number of benzene rings is 1. The Morgan fingerprint density at radius 1 is 0.674 bits per heavy atom. The molecule has 0 unspecified atom stereocenters. The molecule has 0 aliphatic carbocycles. The summed E-state index contributed by atoms with van der Waals surface area (Å²) >= 11 is 0. The van der Waals surface area contributed by atoms with Crippen molar-refractivity contribution in [3.8, 4) is 0 Å². The van der Waals surface area contributed by atoms with Crippen LogP contribution in [0.25, 0.3) is 0 Å². The fourth-order valence-electron chi connectivity index (χ4n) is 4.97. The lowest BCUT2D eigenvalue weighted by molar-refractivity contribution is -0.359. The minimum atomic E-state index is -1.40. The van der Waals surface area contributed by atoms with Crippen LogP contribution < -0.4 is 0 Å². The molecule has 13 nitrogen and oxygen atoms in total. The van der Waals surface area contributed by atoms with Crippen molar-refractivity contribution in [3.05, 3.63) is 48.6 Å². The number of esters is 4. The maximum absolute atomic E-state index is 12.3. The van der Waals surface area contributed by atoms with Gasteiger partial charge in [0.05, 0.1) is 25.4 Å². The third kappa shape index (κ3) is 9.57. The molecule has 43 heavy (non-hydrogen) atoms. The summed E-state index contributed by atoms with van der Waals surface area (Å²) in [6.07, 6.45) is -9.46. The summed E-state index contributed by atoms with van der Waals surface area (Å²) in [5, 5.41) is 0. The molecule has 2 aliphatic rings. The summed E-state index contributed by atoms with van der Waals surface area (Å²) in [5.41, 5.74) is 0.863. The molecule has 0 aromatic heterocycles. The molecule has 0 spiro atoms. The molecular weight excluding hydrogens is 568 g/mol. The third-order valence-corrected chi connectivity index (χ3v) is 6.62. The molecule has 1 aromatic carbocycles. The van der Waals surface area contributed by atoms with E-state index in [1.165, 1.54) is 19.9 Å². The van der Waals surface area contributed by atoms with Crippen LogP contribution in [0.5, 0.6) is 0 Å². The van der Waals surface area contributed by atoms with Crippen LogP contribution in [0.15, 0.2) is 43.0 Å². The predicted octanol–water partition coefficient (Wildman–Crippen LogP) is 2.38. The van der Waals surface area contributed by atoms with E-state index in [9.17, 15) is 19.2 Å². The molecule has 1 aromatic rings. The Hall–Kier alpha value is -3.36. The fourth-order valence-corrected chi connectivity index (χ4v) is 4.97. The number of rotatable bonds is 12. The lowest BCUT2D eigenvalue weighted by Gasteiger charge is -2.48. The van der Waals surface area contributed by atoms with E-state index in [-0.39, 0.29) is 13.2 Å². The van der Waals surface area contributed by atoms with Gasteiger partial charge in [-0.15, -0.1) is 6.58 Å². The Bertz CT molecular complexity index is 1110. The molecule has 238 valence electrons. The van der Waals surface area contributed by atoms with E-state index in [0.29, 0.717) is 0 Å². The minimum absolute atomic E-state index is 0.0725. The largest absolute Gasteiger partial charge is 0.456 e. The summed E-state index contributed by atoms with van der Waals surface area (Å²) in [7, 11) is 0.